The van der Waals surface area contributed by atoms with Gasteiger partial charge in [0.2, 0.25) is 6.41 Å². The average Bonchev–Trinajstić information content (AvgIpc) is 3.21. The van der Waals surface area contributed by atoms with Crippen molar-refractivity contribution < 1.29 is 33.6 Å². The zero-order chi connectivity index (χ0) is 45.7. The molecule has 0 aliphatic rings. The van der Waals surface area contributed by atoms with Crippen molar-refractivity contribution in [3.05, 3.63) is 0 Å². The van der Waals surface area contributed by atoms with E-state index < -0.39 is 0 Å². The maximum atomic E-state index is 9.06. The molecule has 8 heteroatoms. The lowest BCUT2D eigenvalue weighted by Crippen LogP contribution is -1.98. The molecule has 8 nitrogen and oxygen atoms in total. The van der Waals surface area contributed by atoms with Gasteiger partial charge in [0.25, 0.3) is 0 Å². The molecule has 0 heterocycles. The average molecular weight is 714 g/mol. The molecule has 0 aliphatic heterocycles. The molecule has 0 rings (SSSR count). The molecule has 0 radical (unpaired) electrons. The number of carbonyl (C=O) groups is 7. The van der Waals surface area contributed by atoms with Crippen molar-refractivity contribution in [2.75, 3.05) is 7.05 Å². The Hall–Kier alpha value is -2.51. The van der Waals surface area contributed by atoms with E-state index >= 15 is 0 Å². The van der Waals surface area contributed by atoms with Gasteiger partial charge in [-0.2, -0.15) is 0 Å². The Morgan fingerprint density at radius 2 is 0.250 bits per heavy atom. The van der Waals surface area contributed by atoms with Crippen LogP contribution in [0.4, 0.5) is 0 Å². The summed E-state index contributed by atoms with van der Waals surface area (Å²) < 4.78 is 0. The predicted octanol–water partition coefficient (Wildman–Crippen LogP) is 13.9. The predicted molar refractivity (Wildman–Crippen MR) is 233 cm³/mol. The van der Waals surface area contributed by atoms with Crippen LogP contribution in [0, 0.1) is 0 Å². The third-order valence-electron chi connectivity index (χ3n) is 0.118. The first-order chi connectivity index (χ1) is 23.4. The van der Waals surface area contributed by atoms with Crippen LogP contribution in [0.3, 0.4) is 0 Å². The monoisotopic (exact) mass is 714 g/mol. The standard InChI is InChI=1S/C2H5NO.6C2H4O.13C2H6/c1-3-2-4;6*1-2-3;13*1-2/h2H,1H3,(H,3,4);6*2H,1H3;13*1-2H3. The highest BCUT2D eigenvalue weighted by atomic mass is 16.1. The zero-order valence-electron chi connectivity index (χ0n) is 40.4. The minimum atomic E-state index is 0.625. The van der Waals surface area contributed by atoms with Gasteiger partial charge in [0.15, 0.2) is 0 Å². The van der Waals surface area contributed by atoms with Gasteiger partial charge in [-0.1, -0.05) is 180 Å². The molecule has 0 aromatic rings. The first-order valence-corrected chi connectivity index (χ1v) is 18.9. The molecule has 0 saturated heterocycles. The first-order valence-electron chi connectivity index (χ1n) is 18.9. The number of hydrogen-bond donors (Lipinski definition) is 1. The van der Waals surface area contributed by atoms with Crippen LogP contribution in [0.25, 0.3) is 0 Å². The quantitative estimate of drug-likeness (QED) is 0.267. The summed E-state index contributed by atoms with van der Waals surface area (Å²) in [6.07, 6.45) is 5.12. The van der Waals surface area contributed by atoms with Crippen molar-refractivity contribution in [2.45, 2.75) is 222 Å². The number of nitrogens with one attached hydrogen (secondary N) is 1. The van der Waals surface area contributed by atoms with Crippen LogP contribution in [-0.4, -0.2) is 51.2 Å². The van der Waals surface area contributed by atoms with E-state index in [1.165, 1.54) is 41.5 Å². The lowest BCUT2D eigenvalue weighted by molar-refractivity contribution is -0.109. The third-order valence-corrected chi connectivity index (χ3v) is 0.118. The summed E-state index contributed by atoms with van der Waals surface area (Å²) in [6, 6.07) is 0. The van der Waals surface area contributed by atoms with Crippen molar-refractivity contribution in [1.82, 2.24) is 5.32 Å². The van der Waals surface area contributed by atoms with Gasteiger partial charge in [-0.05, 0) is 41.5 Å². The summed E-state index contributed by atoms with van der Waals surface area (Å²) in [7, 11) is 1.56. The van der Waals surface area contributed by atoms with Gasteiger partial charge in [0, 0.05) is 7.05 Å². The minimum Gasteiger partial charge on any atom is -0.362 e. The highest BCUT2D eigenvalue weighted by molar-refractivity contribution is 5.45. The van der Waals surface area contributed by atoms with Gasteiger partial charge in [-0.25, -0.2) is 0 Å². The van der Waals surface area contributed by atoms with Crippen molar-refractivity contribution in [3.63, 3.8) is 0 Å². The van der Waals surface area contributed by atoms with E-state index in [1.54, 1.807) is 7.05 Å². The van der Waals surface area contributed by atoms with Gasteiger partial charge in [0.1, 0.15) is 37.7 Å². The zero-order valence-corrected chi connectivity index (χ0v) is 40.4. The molecule has 1 N–H and O–H groups in total. The summed E-state index contributed by atoms with van der Waals surface area (Å²) in [5.41, 5.74) is 0. The van der Waals surface area contributed by atoms with Crippen molar-refractivity contribution in [2.24, 2.45) is 0 Å². The Bertz CT molecular complexity index is 171. The minimum absolute atomic E-state index is 0.625. The molecule has 0 aliphatic carbocycles. The highest BCUT2D eigenvalue weighted by Gasteiger charge is 1.43. The molecule has 0 aromatic heterocycles. The SMILES string of the molecule is CC.CC.CC.CC.CC.CC.CC.CC.CC.CC.CC.CC.CC.CC=O.CC=O.CC=O.CC=O.CC=O.CC=O.CNC=O. The van der Waals surface area contributed by atoms with Crippen LogP contribution in [0.1, 0.15) is 222 Å². The Morgan fingerprint density at radius 1 is 0.229 bits per heavy atom. The molecule has 1 amide bonds. The molecule has 0 fully saturated rings. The van der Waals surface area contributed by atoms with E-state index in [9.17, 15) is 0 Å². The molecule has 0 bridgehead atoms. The normalized spacial score (nSPS) is 3.69. The largest absolute Gasteiger partial charge is 0.362 e. The van der Waals surface area contributed by atoms with Gasteiger partial charge < -0.3 is 34.1 Å². The smallest absolute Gasteiger partial charge is 0.206 e. The van der Waals surface area contributed by atoms with E-state index in [2.05, 4.69) is 5.32 Å². The molecule has 0 aromatic carbocycles. The fraction of sp³-hybridized carbons (Fsp3) is 0.825. The molecular weight excluding hydrogens is 606 g/mol. The van der Waals surface area contributed by atoms with Gasteiger partial charge in [0.05, 0.1) is 0 Å². The molecule has 48 heavy (non-hydrogen) atoms. The summed E-state index contributed by atoms with van der Waals surface area (Å²) >= 11 is 0. The first kappa shape index (κ1) is 139. The maximum Gasteiger partial charge on any atom is 0.206 e. The molecular formula is C40H107NO7. The van der Waals surface area contributed by atoms with Gasteiger partial charge in [-0.3, -0.25) is 4.79 Å². The number of rotatable bonds is 1. The van der Waals surface area contributed by atoms with Crippen molar-refractivity contribution in [3.8, 4) is 0 Å². The molecule has 314 valence electrons. The number of carbonyl (C=O) groups excluding carboxylic acids is 7. The van der Waals surface area contributed by atoms with Crippen LogP contribution in [0.2, 0.25) is 0 Å². The van der Waals surface area contributed by atoms with Crippen molar-refractivity contribution in [1.29, 1.82) is 0 Å². The second kappa shape index (κ2) is 2790. The second-order valence-electron chi connectivity index (χ2n) is 1.82. The second-order valence-corrected chi connectivity index (χ2v) is 1.82. The van der Waals surface area contributed by atoms with E-state index in [4.69, 9.17) is 33.6 Å². The fourth-order valence-corrected chi connectivity index (χ4v) is 0. The van der Waals surface area contributed by atoms with Crippen LogP contribution in [-0.2, 0) is 33.6 Å². The third kappa shape index (κ3) is 34400. The summed E-state index contributed by atoms with van der Waals surface area (Å²) in [4.78, 5) is 61.9. The van der Waals surface area contributed by atoms with E-state index in [1.807, 2.05) is 180 Å². The van der Waals surface area contributed by atoms with E-state index in [0.717, 1.165) is 37.7 Å². The Balaban J connectivity index is -0.00000000960. The van der Waals surface area contributed by atoms with Crippen LogP contribution < -0.4 is 5.32 Å². The van der Waals surface area contributed by atoms with Gasteiger partial charge >= 0.3 is 0 Å². The Labute approximate surface area is 311 Å². The lowest BCUT2D eigenvalue weighted by atomic mass is 11.0. The summed E-state index contributed by atoms with van der Waals surface area (Å²) in [5.74, 6) is 0. The number of hydrogen-bond acceptors (Lipinski definition) is 7. The van der Waals surface area contributed by atoms with Crippen LogP contribution in [0.15, 0.2) is 0 Å². The number of amides is 1. The van der Waals surface area contributed by atoms with E-state index in [0.29, 0.717) is 6.41 Å². The van der Waals surface area contributed by atoms with Crippen molar-refractivity contribution >= 4 is 44.1 Å². The maximum absolute atomic E-state index is 9.06. The topological polar surface area (TPSA) is 132 Å². The summed E-state index contributed by atoms with van der Waals surface area (Å²) in [6.45, 7) is 60.7. The molecule has 0 saturated carbocycles. The fourth-order valence-electron chi connectivity index (χ4n) is 0. The highest BCUT2D eigenvalue weighted by Crippen LogP contribution is 1.18. The Morgan fingerprint density at radius 3 is 0.250 bits per heavy atom. The van der Waals surface area contributed by atoms with Crippen LogP contribution in [0.5, 0.6) is 0 Å². The molecule has 0 atom stereocenters. The van der Waals surface area contributed by atoms with Crippen LogP contribution >= 0.6 is 0 Å². The Kier molecular flexibility index (Phi) is 8060. The summed E-state index contributed by atoms with van der Waals surface area (Å²) in [5, 5.41) is 2.25. The molecule has 0 spiro atoms. The van der Waals surface area contributed by atoms with Gasteiger partial charge in [-0.15, -0.1) is 0 Å². The molecule has 0 unspecified atom stereocenters. The number of aldehydes is 6. The lowest BCUT2D eigenvalue weighted by Gasteiger charge is -1.64. The van der Waals surface area contributed by atoms with E-state index in [-0.39, 0.29) is 0 Å².